The number of halogens is 2. The summed E-state index contributed by atoms with van der Waals surface area (Å²) in [5.74, 6) is 1.39. The minimum atomic E-state index is -0.969. The lowest BCUT2D eigenvalue weighted by molar-refractivity contribution is 0.151. The van der Waals surface area contributed by atoms with E-state index in [4.69, 9.17) is 9.47 Å². The zero-order valence-electron chi connectivity index (χ0n) is 21.5. The van der Waals surface area contributed by atoms with E-state index in [0.717, 1.165) is 30.6 Å². The molecule has 0 unspecified atom stereocenters. The molecule has 2 nitrogen and oxygen atoms in total. The molecule has 0 N–H and O–H groups in total. The number of unbranched alkanes of at least 4 members (excludes halogenated alkanes) is 3. The van der Waals surface area contributed by atoms with Crippen LogP contribution < -0.4 is 9.47 Å². The minimum absolute atomic E-state index is 0.0458. The second-order valence-electron chi connectivity index (χ2n) is 10.6. The molecule has 192 valence electrons. The van der Waals surface area contributed by atoms with Gasteiger partial charge in [0.2, 0.25) is 11.6 Å². The number of allylic oxidation sites excluding steroid dienone is 1. The Bertz CT molecular complexity index is 732. The monoisotopic (exact) mass is 476 g/mol. The lowest BCUT2D eigenvalue weighted by atomic mass is 9.68. The lowest BCUT2D eigenvalue weighted by Crippen LogP contribution is -2.25. The molecule has 0 atom stereocenters. The molecule has 4 heteroatoms. The zero-order valence-corrected chi connectivity index (χ0v) is 21.5. The molecule has 0 heterocycles. The van der Waals surface area contributed by atoms with Gasteiger partial charge in [-0.3, -0.25) is 0 Å². The molecule has 0 amide bonds. The molecule has 3 rings (SSSR count). The van der Waals surface area contributed by atoms with Crippen LogP contribution in [0, 0.1) is 35.3 Å². The van der Waals surface area contributed by atoms with Gasteiger partial charge >= 0.3 is 0 Å². The predicted molar refractivity (Wildman–Crippen MR) is 136 cm³/mol. The average Bonchev–Trinajstić information content (AvgIpc) is 2.86. The van der Waals surface area contributed by atoms with Crippen molar-refractivity contribution in [2.75, 3.05) is 13.2 Å². The normalized spacial score (nSPS) is 25.5. The van der Waals surface area contributed by atoms with E-state index < -0.39 is 11.6 Å². The molecular formula is C30H46F2O2. The predicted octanol–water partition coefficient (Wildman–Crippen LogP) is 9.27. The Morgan fingerprint density at radius 3 is 1.97 bits per heavy atom. The Morgan fingerprint density at radius 1 is 0.765 bits per heavy atom. The van der Waals surface area contributed by atoms with Crippen molar-refractivity contribution >= 4 is 0 Å². The van der Waals surface area contributed by atoms with Gasteiger partial charge in [-0.25, -0.2) is 0 Å². The summed E-state index contributed by atoms with van der Waals surface area (Å²) >= 11 is 0. The van der Waals surface area contributed by atoms with E-state index in [1.165, 1.54) is 89.2 Å². The Morgan fingerprint density at radius 2 is 1.35 bits per heavy atom. The van der Waals surface area contributed by atoms with Crippen molar-refractivity contribution in [2.45, 2.75) is 104 Å². The highest BCUT2D eigenvalue weighted by molar-refractivity contribution is 5.35. The van der Waals surface area contributed by atoms with Gasteiger partial charge in [0.05, 0.1) is 6.61 Å². The van der Waals surface area contributed by atoms with Crippen LogP contribution in [0.15, 0.2) is 24.3 Å². The minimum Gasteiger partial charge on any atom is -0.490 e. The summed E-state index contributed by atoms with van der Waals surface area (Å²) in [5, 5.41) is 0. The van der Waals surface area contributed by atoms with Crippen molar-refractivity contribution < 1.29 is 18.3 Å². The summed E-state index contributed by atoms with van der Waals surface area (Å²) in [6, 6.07) is 2.91. The first kappa shape index (κ1) is 27.0. The first-order chi connectivity index (χ1) is 16.6. The third-order valence-corrected chi connectivity index (χ3v) is 8.10. The zero-order chi connectivity index (χ0) is 24.2. The first-order valence-corrected chi connectivity index (χ1v) is 14.0. The smallest absolute Gasteiger partial charge is 0.204 e. The summed E-state index contributed by atoms with van der Waals surface area (Å²) in [6.07, 6.45) is 22.5. The molecule has 1 aromatic rings. The molecule has 34 heavy (non-hydrogen) atoms. The van der Waals surface area contributed by atoms with E-state index in [1.54, 1.807) is 0 Å². The molecule has 0 spiro atoms. The van der Waals surface area contributed by atoms with Gasteiger partial charge in [0.1, 0.15) is 6.61 Å². The largest absolute Gasteiger partial charge is 0.490 e. The molecule has 0 bridgehead atoms. The highest BCUT2D eigenvalue weighted by Crippen LogP contribution is 2.42. The van der Waals surface area contributed by atoms with Gasteiger partial charge in [-0.15, -0.1) is 0 Å². The van der Waals surface area contributed by atoms with E-state index in [-0.39, 0.29) is 18.1 Å². The van der Waals surface area contributed by atoms with Crippen molar-refractivity contribution in [1.82, 2.24) is 0 Å². The van der Waals surface area contributed by atoms with E-state index in [0.29, 0.717) is 12.5 Å². The van der Waals surface area contributed by atoms with Crippen molar-refractivity contribution in [3.8, 4) is 11.5 Å². The summed E-state index contributed by atoms with van der Waals surface area (Å²) in [6.45, 7) is 4.96. The summed E-state index contributed by atoms with van der Waals surface area (Å²) in [7, 11) is 0. The fourth-order valence-corrected chi connectivity index (χ4v) is 5.89. The second-order valence-corrected chi connectivity index (χ2v) is 10.6. The number of hydrogen-bond donors (Lipinski definition) is 0. The maximum Gasteiger partial charge on any atom is 0.204 e. The number of rotatable bonds is 13. The molecule has 0 aliphatic heterocycles. The van der Waals surface area contributed by atoms with E-state index in [9.17, 15) is 8.78 Å². The fourth-order valence-electron chi connectivity index (χ4n) is 5.89. The molecule has 0 aromatic heterocycles. The third kappa shape index (κ3) is 8.27. The molecule has 2 fully saturated rings. The van der Waals surface area contributed by atoms with Gasteiger partial charge in [0.15, 0.2) is 11.5 Å². The summed E-state index contributed by atoms with van der Waals surface area (Å²) < 4.78 is 39.2. The molecule has 2 aliphatic rings. The van der Waals surface area contributed by atoms with Gasteiger partial charge in [0.25, 0.3) is 0 Å². The van der Waals surface area contributed by atoms with Crippen LogP contribution in [0.2, 0.25) is 0 Å². The Hall–Kier alpha value is -1.58. The fraction of sp³-hybridized carbons (Fsp3) is 0.733. The van der Waals surface area contributed by atoms with Crippen LogP contribution in [0.3, 0.4) is 0 Å². The standard InChI is InChI=1S/C30H46F2O2/c1-3-5-7-9-23-11-15-25(16-12-23)26-17-13-24(14-18-26)10-8-22-34-28-20-19-27(29(31)30(28)32)33-21-6-4-2/h8,10,19-20,23-26H,3-7,9,11-18,21-22H2,1-2H3/b10-8+. The van der Waals surface area contributed by atoms with Crippen LogP contribution in [0.5, 0.6) is 11.5 Å². The van der Waals surface area contributed by atoms with Crippen LogP contribution in [0.25, 0.3) is 0 Å². The molecule has 1 aromatic carbocycles. The van der Waals surface area contributed by atoms with Crippen LogP contribution in [-0.2, 0) is 0 Å². The highest BCUT2D eigenvalue weighted by atomic mass is 19.2. The van der Waals surface area contributed by atoms with Gasteiger partial charge in [-0.05, 0) is 80.8 Å². The van der Waals surface area contributed by atoms with E-state index >= 15 is 0 Å². The number of ether oxygens (including phenoxy) is 2. The molecule has 2 aliphatic carbocycles. The molecule has 2 saturated carbocycles. The van der Waals surface area contributed by atoms with Gasteiger partial charge in [-0.1, -0.05) is 70.9 Å². The molecular weight excluding hydrogens is 430 g/mol. The van der Waals surface area contributed by atoms with Crippen LogP contribution in [0.4, 0.5) is 8.78 Å². The van der Waals surface area contributed by atoms with E-state index in [2.05, 4.69) is 13.0 Å². The van der Waals surface area contributed by atoms with Crippen LogP contribution >= 0.6 is 0 Å². The third-order valence-electron chi connectivity index (χ3n) is 8.10. The summed E-state index contributed by atoms with van der Waals surface area (Å²) in [4.78, 5) is 0. The van der Waals surface area contributed by atoms with Crippen molar-refractivity contribution in [2.24, 2.45) is 23.7 Å². The average molecular weight is 477 g/mol. The van der Waals surface area contributed by atoms with E-state index in [1.807, 2.05) is 13.0 Å². The SMILES string of the molecule is CCCCCC1CCC(C2CCC(/C=C/COc3ccc(OCCCC)c(F)c3F)CC2)CC1. The van der Waals surface area contributed by atoms with Gasteiger partial charge < -0.3 is 9.47 Å². The van der Waals surface area contributed by atoms with Gasteiger partial charge in [0, 0.05) is 0 Å². The molecule has 0 saturated heterocycles. The quantitative estimate of drug-likeness (QED) is 0.209. The second kappa shape index (κ2) is 14.7. The number of benzene rings is 1. The maximum absolute atomic E-state index is 14.3. The Kier molecular flexibility index (Phi) is 11.7. The van der Waals surface area contributed by atoms with Crippen molar-refractivity contribution in [3.05, 3.63) is 35.9 Å². The lowest BCUT2D eigenvalue weighted by Gasteiger charge is -2.37. The summed E-state index contributed by atoms with van der Waals surface area (Å²) in [5.41, 5.74) is 0. The van der Waals surface area contributed by atoms with Crippen molar-refractivity contribution in [1.29, 1.82) is 0 Å². The van der Waals surface area contributed by atoms with Gasteiger partial charge in [-0.2, -0.15) is 8.78 Å². The highest BCUT2D eigenvalue weighted by Gasteiger charge is 2.30. The van der Waals surface area contributed by atoms with Crippen molar-refractivity contribution in [3.63, 3.8) is 0 Å². The van der Waals surface area contributed by atoms with Crippen LogP contribution in [-0.4, -0.2) is 13.2 Å². The topological polar surface area (TPSA) is 18.5 Å². The number of hydrogen-bond acceptors (Lipinski definition) is 2. The Labute approximate surface area is 206 Å². The first-order valence-electron chi connectivity index (χ1n) is 14.0. The Balaban J connectivity index is 1.34. The maximum atomic E-state index is 14.3. The molecule has 0 radical (unpaired) electrons. The van der Waals surface area contributed by atoms with Crippen LogP contribution in [0.1, 0.15) is 104 Å².